The summed E-state index contributed by atoms with van der Waals surface area (Å²) < 4.78 is 0. The molecule has 0 N–H and O–H groups in total. The Morgan fingerprint density at radius 1 is 1.16 bits per heavy atom. The Hall–Kier alpha value is -2.11. The number of rotatable bonds is 2. The van der Waals surface area contributed by atoms with E-state index in [1.54, 1.807) is 18.5 Å². The summed E-state index contributed by atoms with van der Waals surface area (Å²) in [6, 6.07) is 11.8. The second-order valence-corrected chi connectivity index (χ2v) is 4.80. The predicted molar refractivity (Wildman–Crippen MR) is 78.4 cm³/mol. The molecule has 1 aromatic carbocycles. The molecule has 0 atom stereocenters. The standard InChI is InChI=1S/C16H13ClN2/c1-11-6-12(2)8-14(7-11)16(17)15(9-18)13-4-3-5-19-10-13/h3-8,10H,1-2H3/b16-15+. The summed E-state index contributed by atoms with van der Waals surface area (Å²) in [5, 5.41) is 9.79. The molecular formula is C16H13ClN2. The predicted octanol–water partition coefficient (Wildman–Crippen LogP) is 4.33. The van der Waals surface area contributed by atoms with Crippen LogP contribution in [0.3, 0.4) is 0 Å². The van der Waals surface area contributed by atoms with Crippen LogP contribution in [-0.4, -0.2) is 4.98 Å². The van der Waals surface area contributed by atoms with Gasteiger partial charge in [0, 0.05) is 18.0 Å². The second-order valence-electron chi connectivity index (χ2n) is 4.42. The third-order valence-corrected chi connectivity index (χ3v) is 3.16. The van der Waals surface area contributed by atoms with Crippen LogP contribution in [0.5, 0.6) is 0 Å². The van der Waals surface area contributed by atoms with Crippen molar-refractivity contribution in [2.75, 3.05) is 0 Å². The van der Waals surface area contributed by atoms with Gasteiger partial charge in [-0.3, -0.25) is 4.98 Å². The maximum atomic E-state index is 9.33. The number of pyridine rings is 1. The maximum Gasteiger partial charge on any atom is 0.101 e. The summed E-state index contributed by atoms with van der Waals surface area (Å²) in [7, 11) is 0. The van der Waals surface area contributed by atoms with Crippen LogP contribution in [0.1, 0.15) is 22.3 Å². The molecule has 2 rings (SSSR count). The van der Waals surface area contributed by atoms with Gasteiger partial charge < -0.3 is 0 Å². The van der Waals surface area contributed by atoms with Gasteiger partial charge in [0.25, 0.3) is 0 Å². The zero-order valence-electron chi connectivity index (χ0n) is 10.8. The lowest BCUT2D eigenvalue weighted by Crippen LogP contribution is -1.89. The monoisotopic (exact) mass is 268 g/mol. The van der Waals surface area contributed by atoms with Gasteiger partial charge in [0.1, 0.15) is 6.07 Å². The molecule has 3 heteroatoms. The van der Waals surface area contributed by atoms with Crippen LogP contribution in [0.25, 0.3) is 10.6 Å². The fraction of sp³-hybridized carbons (Fsp3) is 0.125. The summed E-state index contributed by atoms with van der Waals surface area (Å²) in [5.74, 6) is 0. The molecule has 94 valence electrons. The fourth-order valence-electron chi connectivity index (χ4n) is 2.00. The van der Waals surface area contributed by atoms with Crippen molar-refractivity contribution >= 4 is 22.2 Å². The number of halogens is 1. The maximum absolute atomic E-state index is 9.33. The fourth-order valence-corrected chi connectivity index (χ4v) is 2.26. The highest BCUT2D eigenvalue weighted by atomic mass is 35.5. The van der Waals surface area contributed by atoms with E-state index in [4.69, 9.17) is 11.6 Å². The molecule has 0 radical (unpaired) electrons. The van der Waals surface area contributed by atoms with Crippen molar-refractivity contribution in [1.29, 1.82) is 5.26 Å². The van der Waals surface area contributed by atoms with Gasteiger partial charge in [0.2, 0.25) is 0 Å². The number of nitriles is 1. The molecule has 0 aliphatic heterocycles. The number of aryl methyl sites for hydroxylation is 2. The van der Waals surface area contributed by atoms with Crippen molar-refractivity contribution in [3.63, 3.8) is 0 Å². The van der Waals surface area contributed by atoms with Crippen LogP contribution in [0.4, 0.5) is 0 Å². The van der Waals surface area contributed by atoms with Gasteiger partial charge in [-0.1, -0.05) is 47.0 Å². The van der Waals surface area contributed by atoms with Gasteiger partial charge in [-0.25, -0.2) is 0 Å². The molecule has 0 aliphatic carbocycles. The minimum Gasteiger partial charge on any atom is -0.264 e. The van der Waals surface area contributed by atoms with E-state index in [0.29, 0.717) is 10.6 Å². The van der Waals surface area contributed by atoms with E-state index < -0.39 is 0 Å². The Morgan fingerprint density at radius 2 is 1.84 bits per heavy atom. The first kappa shape index (κ1) is 13.3. The highest BCUT2D eigenvalue weighted by molar-refractivity contribution is 6.53. The number of hydrogen-bond donors (Lipinski definition) is 0. The van der Waals surface area contributed by atoms with E-state index in [1.807, 2.05) is 32.0 Å². The van der Waals surface area contributed by atoms with Crippen LogP contribution >= 0.6 is 11.6 Å². The van der Waals surface area contributed by atoms with Crippen LogP contribution in [0, 0.1) is 25.2 Å². The average Bonchev–Trinajstić information content (AvgIpc) is 2.39. The van der Waals surface area contributed by atoms with E-state index in [1.165, 1.54) is 0 Å². The van der Waals surface area contributed by atoms with E-state index in [0.717, 1.165) is 22.3 Å². The van der Waals surface area contributed by atoms with Gasteiger partial charge in [0.05, 0.1) is 10.6 Å². The number of nitrogens with zero attached hydrogens (tertiary/aromatic N) is 2. The molecule has 1 heterocycles. The van der Waals surface area contributed by atoms with Crippen LogP contribution in [-0.2, 0) is 0 Å². The molecule has 0 amide bonds. The van der Waals surface area contributed by atoms with Crippen LogP contribution in [0.2, 0.25) is 0 Å². The third-order valence-electron chi connectivity index (χ3n) is 2.76. The molecule has 0 saturated carbocycles. The van der Waals surface area contributed by atoms with Crippen molar-refractivity contribution in [2.45, 2.75) is 13.8 Å². The van der Waals surface area contributed by atoms with Gasteiger partial charge in [-0.15, -0.1) is 0 Å². The van der Waals surface area contributed by atoms with E-state index >= 15 is 0 Å². The Balaban J connectivity index is 2.59. The second kappa shape index (κ2) is 5.69. The van der Waals surface area contributed by atoms with Gasteiger partial charge in [-0.05, 0) is 25.5 Å². The lowest BCUT2D eigenvalue weighted by molar-refractivity contribution is 1.31. The molecular weight excluding hydrogens is 256 g/mol. The number of aromatic nitrogens is 1. The van der Waals surface area contributed by atoms with E-state index in [2.05, 4.69) is 17.1 Å². The first-order valence-electron chi connectivity index (χ1n) is 5.91. The highest BCUT2D eigenvalue weighted by Gasteiger charge is 2.10. The van der Waals surface area contributed by atoms with E-state index in [-0.39, 0.29) is 0 Å². The van der Waals surface area contributed by atoms with Crippen molar-refractivity contribution in [3.05, 3.63) is 65.0 Å². The van der Waals surface area contributed by atoms with Gasteiger partial charge in [-0.2, -0.15) is 5.26 Å². The quantitative estimate of drug-likeness (QED) is 0.760. The Labute approximate surface area is 118 Å². The smallest absolute Gasteiger partial charge is 0.101 e. The molecule has 0 spiro atoms. The molecule has 0 aliphatic rings. The number of benzene rings is 1. The minimum absolute atomic E-state index is 0.444. The third kappa shape index (κ3) is 3.01. The largest absolute Gasteiger partial charge is 0.264 e. The molecule has 19 heavy (non-hydrogen) atoms. The number of allylic oxidation sites excluding steroid dienone is 1. The van der Waals surface area contributed by atoms with Crippen LogP contribution in [0.15, 0.2) is 42.7 Å². The average molecular weight is 269 g/mol. The molecule has 0 unspecified atom stereocenters. The molecule has 1 aromatic heterocycles. The Kier molecular flexibility index (Phi) is 3.99. The minimum atomic E-state index is 0.444. The molecule has 0 fully saturated rings. The topological polar surface area (TPSA) is 36.7 Å². The van der Waals surface area contributed by atoms with Crippen molar-refractivity contribution in [3.8, 4) is 6.07 Å². The highest BCUT2D eigenvalue weighted by Crippen LogP contribution is 2.30. The molecule has 2 nitrogen and oxygen atoms in total. The van der Waals surface area contributed by atoms with Crippen LogP contribution < -0.4 is 0 Å². The zero-order chi connectivity index (χ0) is 13.8. The Morgan fingerprint density at radius 3 is 2.37 bits per heavy atom. The summed E-state index contributed by atoms with van der Waals surface area (Å²) >= 11 is 6.38. The van der Waals surface area contributed by atoms with Crippen molar-refractivity contribution < 1.29 is 0 Å². The summed E-state index contributed by atoms with van der Waals surface area (Å²) in [5.41, 5.74) is 4.28. The van der Waals surface area contributed by atoms with Crippen molar-refractivity contribution in [1.82, 2.24) is 4.98 Å². The normalized spacial score (nSPS) is 11.7. The van der Waals surface area contributed by atoms with E-state index in [9.17, 15) is 5.26 Å². The SMILES string of the molecule is Cc1cc(C)cc(/C(Cl)=C(/C#N)c2cccnc2)c1. The van der Waals surface area contributed by atoms with Gasteiger partial charge in [0.15, 0.2) is 0 Å². The lowest BCUT2D eigenvalue weighted by atomic mass is 10.0. The zero-order valence-corrected chi connectivity index (χ0v) is 11.6. The molecule has 0 bridgehead atoms. The molecule has 2 aromatic rings. The lowest BCUT2D eigenvalue weighted by Gasteiger charge is -2.06. The van der Waals surface area contributed by atoms with Gasteiger partial charge >= 0.3 is 0 Å². The van der Waals surface area contributed by atoms with Crippen molar-refractivity contribution in [2.24, 2.45) is 0 Å². The Bertz CT molecular complexity index is 647. The number of hydrogen-bond acceptors (Lipinski definition) is 2. The molecule has 0 saturated heterocycles. The first-order chi connectivity index (χ1) is 9.11. The first-order valence-corrected chi connectivity index (χ1v) is 6.28. The summed E-state index contributed by atoms with van der Waals surface area (Å²) in [4.78, 5) is 4.02. The summed E-state index contributed by atoms with van der Waals surface area (Å²) in [6.07, 6.45) is 3.31. The summed E-state index contributed by atoms with van der Waals surface area (Å²) in [6.45, 7) is 4.02.